The lowest BCUT2D eigenvalue weighted by Crippen LogP contribution is -2.68. The second-order valence-electron chi connectivity index (χ2n) is 5.92. The van der Waals surface area contributed by atoms with E-state index in [1.807, 2.05) is 13.8 Å². The van der Waals surface area contributed by atoms with Crippen LogP contribution in [0, 0.1) is 5.92 Å². The molecule has 2 aliphatic heterocycles. The molecule has 1 unspecified atom stereocenters. The number of aromatic amines is 1. The van der Waals surface area contributed by atoms with Crippen molar-refractivity contribution in [2.75, 3.05) is 13.1 Å². The maximum Gasteiger partial charge on any atom is 0.240 e. The normalized spacial score (nSPS) is 25.1. The molecule has 0 saturated carbocycles. The van der Waals surface area contributed by atoms with E-state index in [1.54, 1.807) is 11.2 Å². The standard InChI is InChI=1S/C13H20N4O2/c1-8(2)13(19)5-17(6-13)12(18)10-3-9-11(4-14-10)16-7-15-9/h7-8,10,14,19H,3-6H2,1-2H3,(H,15,16). The van der Waals surface area contributed by atoms with Gasteiger partial charge in [0.1, 0.15) is 5.60 Å². The number of β-amino-alcohol motifs (C(OH)–C–C–N with tert-alkyl or cyclic N) is 1. The second-order valence-corrected chi connectivity index (χ2v) is 5.92. The molecule has 1 aromatic rings. The van der Waals surface area contributed by atoms with Gasteiger partial charge < -0.3 is 15.0 Å². The van der Waals surface area contributed by atoms with Gasteiger partial charge in [0.25, 0.3) is 0 Å². The Morgan fingerprint density at radius 3 is 3.00 bits per heavy atom. The number of carbonyl (C=O) groups is 1. The van der Waals surface area contributed by atoms with Crippen molar-refractivity contribution in [3.63, 3.8) is 0 Å². The number of hydrogen-bond donors (Lipinski definition) is 3. The van der Waals surface area contributed by atoms with Gasteiger partial charge >= 0.3 is 0 Å². The van der Waals surface area contributed by atoms with Gasteiger partial charge in [0.15, 0.2) is 0 Å². The molecule has 0 bridgehead atoms. The average molecular weight is 264 g/mol. The van der Waals surface area contributed by atoms with Gasteiger partial charge in [-0.1, -0.05) is 13.8 Å². The van der Waals surface area contributed by atoms with Crippen LogP contribution in [0.1, 0.15) is 25.2 Å². The molecule has 6 nitrogen and oxygen atoms in total. The van der Waals surface area contributed by atoms with Gasteiger partial charge in [0.05, 0.1) is 36.8 Å². The summed E-state index contributed by atoms with van der Waals surface area (Å²) in [5, 5.41) is 13.4. The molecule has 1 fully saturated rings. The highest BCUT2D eigenvalue weighted by atomic mass is 16.3. The summed E-state index contributed by atoms with van der Waals surface area (Å²) in [6.45, 7) is 5.49. The molecule has 104 valence electrons. The van der Waals surface area contributed by atoms with Crippen molar-refractivity contribution in [3.8, 4) is 0 Å². The predicted octanol–water partition coefficient (Wildman–Crippen LogP) is -0.347. The number of imidazole rings is 1. The van der Waals surface area contributed by atoms with E-state index < -0.39 is 5.60 Å². The number of rotatable bonds is 2. The van der Waals surface area contributed by atoms with Crippen LogP contribution in [0.3, 0.4) is 0 Å². The van der Waals surface area contributed by atoms with Gasteiger partial charge in [-0.25, -0.2) is 4.98 Å². The van der Waals surface area contributed by atoms with E-state index in [2.05, 4.69) is 15.3 Å². The predicted molar refractivity (Wildman–Crippen MR) is 69.3 cm³/mol. The molecule has 2 aliphatic rings. The number of amides is 1. The Morgan fingerprint density at radius 2 is 2.32 bits per heavy atom. The first-order valence-electron chi connectivity index (χ1n) is 6.75. The first-order valence-corrected chi connectivity index (χ1v) is 6.75. The van der Waals surface area contributed by atoms with E-state index in [-0.39, 0.29) is 17.9 Å². The molecule has 0 aliphatic carbocycles. The number of aromatic nitrogens is 2. The van der Waals surface area contributed by atoms with E-state index in [4.69, 9.17) is 0 Å². The Balaban J connectivity index is 1.62. The van der Waals surface area contributed by atoms with Gasteiger partial charge in [-0.2, -0.15) is 0 Å². The number of H-pyrrole nitrogens is 1. The first kappa shape index (κ1) is 12.6. The summed E-state index contributed by atoms with van der Waals surface area (Å²) >= 11 is 0. The monoisotopic (exact) mass is 264 g/mol. The number of aliphatic hydroxyl groups is 1. The SMILES string of the molecule is CC(C)C1(O)CN(C(=O)C2Cc3nc[nH]c3CN2)C1. The molecule has 3 rings (SSSR count). The number of nitrogens with one attached hydrogen (secondary N) is 2. The number of fused-ring (bicyclic) bond motifs is 1. The van der Waals surface area contributed by atoms with Crippen LogP contribution in [0.15, 0.2) is 6.33 Å². The Morgan fingerprint density at radius 1 is 1.58 bits per heavy atom. The van der Waals surface area contributed by atoms with Crippen molar-refractivity contribution in [1.29, 1.82) is 0 Å². The highest BCUT2D eigenvalue weighted by Gasteiger charge is 2.47. The summed E-state index contributed by atoms with van der Waals surface area (Å²) in [5.74, 6) is 0.243. The van der Waals surface area contributed by atoms with Crippen LogP contribution in [0.2, 0.25) is 0 Å². The summed E-state index contributed by atoms with van der Waals surface area (Å²) in [4.78, 5) is 21.4. The summed E-state index contributed by atoms with van der Waals surface area (Å²) < 4.78 is 0. The number of carbonyl (C=O) groups excluding carboxylic acids is 1. The van der Waals surface area contributed by atoms with Crippen molar-refractivity contribution in [3.05, 3.63) is 17.7 Å². The first-order chi connectivity index (χ1) is 8.99. The Kier molecular flexibility index (Phi) is 2.87. The van der Waals surface area contributed by atoms with Crippen molar-refractivity contribution in [2.24, 2.45) is 5.92 Å². The van der Waals surface area contributed by atoms with Crippen LogP contribution < -0.4 is 5.32 Å². The fourth-order valence-electron chi connectivity index (χ4n) is 2.70. The van der Waals surface area contributed by atoms with Crippen molar-refractivity contribution in [2.45, 2.75) is 38.5 Å². The molecular formula is C13H20N4O2. The maximum atomic E-state index is 12.3. The molecule has 1 amide bonds. The molecule has 0 spiro atoms. The minimum Gasteiger partial charge on any atom is -0.386 e. The van der Waals surface area contributed by atoms with Crippen LogP contribution in [0.25, 0.3) is 0 Å². The molecule has 1 aromatic heterocycles. The fraction of sp³-hybridized carbons (Fsp3) is 0.692. The Bertz CT molecular complexity index is 491. The molecule has 0 aromatic carbocycles. The quantitative estimate of drug-likeness (QED) is 0.682. The lowest BCUT2D eigenvalue weighted by Gasteiger charge is -2.50. The smallest absolute Gasteiger partial charge is 0.240 e. The van der Waals surface area contributed by atoms with Crippen molar-refractivity contribution >= 4 is 5.91 Å². The summed E-state index contributed by atoms with van der Waals surface area (Å²) in [6.07, 6.45) is 2.29. The number of likely N-dealkylation sites (tertiary alicyclic amines) is 1. The summed E-state index contributed by atoms with van der Waals surface area (Å²) in [7, 11) is 0. The topological polar surface area (TPSA) is 81.2 Å². The molecule has 3 heterocycles. The van der Waals surface area contributed by atoms with E-state index >= 15 is 0 Å². The summed E-state index contributed by atoms with van der Waals surface area (Å²) in [6, 6.07) is -0.215. The second kappa shape index (κ2) is 4.31. The van der Waals surface area contributed by atoms with E-state index in [0.29, 0.717) is 26.1 Å². The number of nitrogens with zero attached hydrogens (tertiary/aromatic N) is 2. The zero-order valence-electron chi connectivity index (χ0n) is 11.3. The third-order valence-electron chi connectivity index (χ3n) is 4.34. The van der Waals surface area contributed by atoms with E-state index in [1.165, 1.54) is 0 Å². The van der Waals surface area contributed by atoms with Crippen LogP contribution in [0.5, 0.6) is 0 Å². The van der Waals surface area contributed by atoms with Crippen LogP contribution >= 0.6 is 0 Å². The molecule has 0 radical (unpaired) electrons. The molecule has 6 heteroatoms. The third-order valence-corrected chi connectivity index (χ3v) is 4.34. The molecular weight excluding hydrogens is 244 g/mol. The largest absolute Gasteiger partial charge is 0.386 e. The molecule has 19 heavy (non-hydrogen) atoms. The summed E-state index contributed by atoms with van der Waals surface area (Å²) in [5.41, 5.74) is 1.32. The van der Waals surface area contributed by atoms with Gasteiger partial charge in [0, 0.05) is 13.0 Å². The third kappa shape index (κ3) is 2.04. The van der Waals surface area contributed by atoms with Crippen LogP contribution in [-0.4, -0.2) is 50.6 Å². The Hall–Kier alpha value is -1.40. The minimum atomic E-state index is -0.707. The van der Waals surface area contributed by atoms with Crippen molar-refractivity contribution < 1.29 is 9.90 Å². The van der Waals surface area contributed by atoms with Gasteiger partial charge in [0.2, 0.25) is 5.91 Å². The maximum absolute atomic E-state index is 12.3. The molecule has 1 saturated heterocycles. The van der Waals surface area contributed by atoms with Crippen molar-refractivity contribution in [1.82, 2.24) is 20.2 Å². The van der Waals surface area contributed by atoms with Gasteiger partial charge in [-0.15, -0.1) is 0 Å². The van der Waals surface area contributed by atoms with Crippen LogP contribution in [-0.2, 0) is 17.8 Å². The molecule has 1 atom stereocenters. The highest BCUT2D eigenvalue weighted by molar-refractivity contribution is 5.83. The minimum absolute atomic E-state index is 0.0685. The lowest BCUT2D eigenvalue weighted by atomic mass is 9.82. The molecule has 3 N–H and O–H groups in total. The van der Waals surface area contributed by atoms with Crippen LogP contribution in [0.4, 0.5) is 0 Å². The van der Waals surface area contributed by atoms with Gasteiger partial charge in [-0.3, -0.25) is 10.1 Å². The Labute approximate surface area is 112 Å². The zero-order chi connectivity index (χ0) is 13.6. The zero-order valence-corrected chi connectivity index (χ0v) is 11.3. The van der Waals surface area contributed by atoms with E-state index in [9.17, 15) is 9.90 Å². The van der Waals surface area contributed by atoms with Gasteiger partial charge in [-0.05, 0) is 5.92 Å². The lowest BCUT2D eigenvalue weighted by molar-refractivity contribution is -0.165. The highest BCUT2D eigenvalue weighted by Crippen LogP contribution is 2.29. The fourth-order valence-corrected chi connectivity index (χ4v) is 2.70. The van der Waals surface area contributed by atoms with E-state index in [0.717, 1.165) is 11.4 Å². The average Bonchev–Trinajstić information content (AvgIpc) is 2.80. The number of hydrogen-bond acceptors (Lipinski definition) is 4.